The topological polar surface area (TPSA) is 52.0 Å². The fraction of sp³-hybridized carbons (Fsp3) is 0. The van der Waals surface area contributed by atoms with Crippen molar-refractivity contribution >= 4 is 29.1 Å². The van der Waals surface area contributed by atoms with Crippen molar-refractivity contribution in [2.75, 3.05) is 5.73 Å². The molecular weight excluding hydrogens is 223 g/mol. The summed E-state index contributed by atoms with van der Waals surface area (Å²) in [5.41, 5.74) is 6.82. The minimum absolute atomic E-state index is 0.208. The molecule has 2 aromatic rings. The number of aromatic nitrogens is 1. The lowest BCUT2D eigenvalue weighted by Crippen LogP contribution is -1.86. The first-order chi connectivity index (χ1) is 6.70. The lowest BCUT2D eigenvalue weighted by atomic mass is 10.1. The maximum atomic E-state index is 5.98. The molecule has 0 radical (unpaired) electrons. The van der Waals surface area contributed by atoms with E-state index in [-0.39, 0.29) is 5.88 Å². The molecule has 2 rings (SSSR count). The molecule has 0 bridgehead atoms. The van der Waals surface area contributed by atoms with Crippen LogP contribution in [0.4, 0.5) is 5.88 Å². The summed E-state index contributed by atoms with van der Waals surface area (Å²) in [5, 5.41) is 4.60. The van der Waals surface area contributed by atoms with Gasteiger partial charge < -0.3 is 10.3 Å². The van der Waals surface area contributed by atoms with E-state index in [2.05, 4.69) is 5.16 Å². The highest BCUT2D eigenvalue weighted by Crippen LogP contribution is 2.37. The van der Waals surface area contributed by atoms with Gasteiger partial charge in [-0.1, -0.05) is 34.4 Å². The second-order valence-electron chi connectivity index (χ2n) is 2.70. The molecule has 0 saturated heterocycles. The molecule has 1 aromatic heterocycles. The zero-order valence-corrected chi connectivity index (χ0v) is 8.51. The van der Waals surface area contributed by atoms with Gasteiger partial charge in [0.2, 0.25) is 5.88 Å². The van der Waals surface area contributed by atoms with Gasteiger partial charge in [0.15, 0.2) is 0 Å². The molecule has 14 heavy (non-hydrogen) atoms. The van der Waals surface area contributed by atoms with Crippen molar-refractivity contribution in [3.63, 3.8) is 0 Å². The maximum Gasteiger partial charge on any atom is 0.230 e. The summed E-state index contributed by atoms with van der Waals surface area (Å²) in [6.45, 7) is 0. The Bertz CT molecular complexity index is 447. The van der Waals surface area contributed by atoms with Crippen molar-refractivity contribution < 1.29 is 4.52 Å². The predicted octanol–water partition coefficient (Wildman–Crippen LogP) is 3.23. The average Bonchev–Trinajstić information content (AvgIpc) is 2.52. The Kier molecular flexibility index (Phi) is 2.35. The highest BCUT2D eigenvalue weighted by atomic mass is 35.5. The van der Waals surface area contributed by atoms with Gasteiger partial charge in [0.1, 0.15) is 0 Å². The van der Waals surface area contributed by atoms with Crippen LogP contribution in [0.2, 0.25) is 10.0 Å². The smallest absolute Gasteiger partial charge is 0.230 e. The lowest BCUT2D eigenvalue weighted by molar-refractivity contribution is 0.436. The summed E-state index contributed by atoms with van der Waals surface area (Å²) in [6.07, 6.45) is 1.49. The van der Waals surface area contributed by atoms with E-state index in [1.807, 2.05) is 0 Å². The van der Waals surface area contributed by atoms with Crippen molar-refractivity contribution in [1.82, 2.24) is 5.16 Å². The van der Waals surface area contributed by atoms with E-state index in [9.17, 15) is 0 Å². The summed E-state index contributed by atoms with van der Waals surface area (Å²) in [4.78, 5) is 0. The number of rotatable bonds is 1. The van der Waals surface area contributed by atoms with E-state index in [1.165, 1.54) is 6.20 Å². The number of nitrogens with two attached hydrogens (primary N) is 1. The number of benzene rings is 1. The third kappa shape index (κ3) is 1.45. The van der Waals surface area contributed by atoms with Crippen LogP contribution in [0.1, 0.15) is 0 Å². The largest absolute Gasteiger partial charge is 0.367 e. The minimum atomic E-state index is 0.208. The zero-order chi connectivity index (χ0) is 10.1. The van der Waals surface area contributed by atoms with E-state index in [0.29, 0.717) is 21.2 Å². The Hall–Kier alpha value is -1.19. The van der Waals surface area contributed by atoms with Crippen LogP contribution in [0.25, 0.3) is 11.1 Å². The predicted molar refractivity (Wildman–Crippen MR) is 56.4 cm³/mol. The van der Waals surface area contributed by atoms with E-state index < -0.39 is 0 Å². The number of hydrogen-bond acceptors (Lipinski definition) is 3. The quantitative estimate of drug-likeness (QED) is 0.816. The van der Waals surface area contributed by atoms with Gasteiger partial charge in [0.25, 0.3) is 0 Å². The van der Waals surface area contributed by atoms with Crippen molar-refractivity contribution in [1.29, 1.82) is 0 Å². The second-order valence-corrected chi connectivity index (χ2v) is 3.51. The monoisotopic (exact) mass is 228 g/mol. The van der Waals surface area contributed by atoms with Crippen molar-refractivity contribution in [2.45, 2.75) is 0 Å². The number of hydrogen-bond donors (Lipinski definition) is 1. The summed E-state index contributed by atoms with van der Waals surface area (Å²) in [6, 6.07) is 5.22. The highest BCUT2D eigenvalue weighted by Gasteiger charge is 2.13. The standard InChI is InChI=1S/C9H6Cl2N2O/c10-6-2-1-3-7(11)8(6)5-4-13-14-9(5)12/h1-4H,12H2. The summed E-state index contributed by atoms with van der Waals surface area (Å²) >= 11 is 12.0. The fourth-order valence-electron chi connectivity index (χ4n) is 1.19. The summed E-state index contributed by atoms with van der Waals surface area (Å²) < 4.78 is 4.74. The van der Waals surface area contributed by atoms with Crippen LogP contribution in [-0.4, -0.2) is 5.16 Å². The second kappa shape index (κ2) is 3.52. The Morgan fingerprint density at radius 2 is 1.86 bits per heavy atom. The zero-order valence-electron chi connectivity index (χ0n) is 7.00. The van der Waals surface area contributed by atoms with Gasteiger partial charge in [-0.05, 0) is 12.1 Å². The average molecular weight is 229 g/mol. The van der Waals surface area contributed by atoms with Crippen molar-refractivity contribution in [3.8, 4) is 11.1 Å². The molecule has 0 amide bonds. The van der Waals surface area contributed by atoms with Gasteiger partial charge >= 0.3 is 0 Å². The van der Waals surface area contributed by atoms with Crippen molar-refractivity contribution in [3.05, 3.63) is 34.4 Å². The molecule has 1 aromatic carbocycles. The number of nitrogens with zero attached hydrogens (tertiary/aromatic N) is 1. The minimum Gasteiger partial charge on any atom is -0.367 e. The first-order valence-corrected chi connectivity index (χ1v) is 4.60. The molecule has 2 N–H and O–H groups in total. The molecule has 0 aliphatic carbocycles. The van der Waals surface area contributed by atoms with Crippen LogP contribution in [0.3, 0.4) is 0 Å². The Balaban J connectivity index is 2.68. The molecule has 0 unspecified atom stereocenters. The molecule has 0 aliphatic rings. The van der Waals surface area contributed by atoms with Crippen LogP contribution < -0.4 is 5.73 Å². The molecule has 0 fully saturated rings. The highest BCUT2D eigenvalue weighted by molar-refractivity contribution is 6.39. The first kappa shape index (κ1) is 9.37. The van der Waals surface area contributed by atoms with Crippen LogP contribution in [0, 0.1) is 0 Å². The van der Waals surface area contributed by atoms with Gasteiger partial charge in [-0.3, -0.25) is 0 Å². The fourth-order valence-corrected chi connectivity index (χ4v) is 1.79. The van der Waals surface area contributed by atoms with E-state index in [0.717, 1.165) is 0 Å². The molecule has 0 spiro atoms. The third-order valence-electron chi connectivity index (χ3n) is 1.83. The Labute approximate surface area is 90.4 Å². The van der Waals surface area contributed by atoms with Gasteiger partial charge in [-0.15, -0.1) is 0 Å². The van der Waals surface area contributed by atoms with E-state index in [1.54, 1.807) is 18.2 Å². The van der Waals surface area contributed by atoms with Gasteiger partial charge in [0, 0.05) is 5.56 Å². The molecule has 72 valence electrons. The van der Waals surface area contributed by atoms with Gasteiger partial charge in [-0.25, -0.2) is 0 Å². The number of nitrogen functional groups attached to an aromatic ring is 1. The number of halogens is 2. The van der Waals surface area contributed by atoms with Crippen LogP contribution in [-0.2, 0) is 0 Å². The summed E-state index contributed by atoms with van der Waals surface area (Å²) in [7, 11) is 0. The summed E-state index contributed by atoms with van der Waals surface area (Å²) in [5.74, 6) is 0.208. The van der Waals surface area contributed by atoms with E-state index in [4.69, 9.17) is 33.5 Å². The third-order valence-corrected chi connectivity index (χ3v) is 2.46. The molecule has 0 aliphatic heterocycles. The normalized spacial score (nSPS) is 10.4. The van der Waals surface area contributed by atoms with Crippen LogP contribution in [0.15, 0.2) is 28.9 Å². The molecular formula is C9H6Cl2N2O. The Morgan fingerprint density at radius 3 is 2.36 bits per heavy atom. The molecule has 3 nitrogen and oxygen atoms in total. The van der Waals surface area contributed by atoms with Gasteiger partial charge in [-0.2, -0.15) is 0 Å². The van der Waals surface area contributed by atoms with Crippen LogP contribution in [0.5, 0.6) is 0 Å². The molecule has 0 saturated carbocycles. The molecule has 1 heterocycles. The molecule has 0 atom stereocenters. The SMILES string of the molecule is Nc1oncc1-c1c(Cl)cccc1Cl. The van der Waals surface area contributed by atoms with Crippen molar-refractivity contribution in [2.24, 2.45) is 0 Å². The Morgan fingerprint density at radius 1 is 1.21 bits per heavy atom. The van der Waals surface area contributed by atoms with Crippen LogP contribution >= 0.6 is 23.2 Å². The lowest BCUT2D eigenvalue weighted by Gasteiger charge is -2.03. The van der Waals surface area contributed by atoms with E-state index >= 15 is 0 Å². The van der Waals surface area contributed by atoms with Gasteiger partial charge in [0.05, 0.1) is 21.8 Å². The maximum absolute atomic E-state index is 5.98. The molecule has 5 heteroatoms. The number of anilines is 1. The first-order valence-electron chi connectivity index (χ1n) is 3.84.